The van der Waals surface area contributed by atoms with Gasteiger partial charge in [-0.2, -0.15) is 0 Å². The number of benzene rings is 1. The van der Waals surface area contributed by atoms with Crippen molar-refractivity contribution in [1.82, 2.24) is 4.90 Å². The average Bonchev–Trinajstić information content (AvgIpc) is 2.71. The first-order valence-corrected chi connectivity index (χ1v) is 6.87. The largest absolute Gasteiger partial charge is 0.508 e. The van der Waals surface area contributed by atoms with Gasteiger partial charge in [0.15, 0.2) is 0 Å². The van der Waals surface area contributed by atoms with Crippen LogP contribution in [0, 0.1) is 18.3 Å². The maximum absolute atomic E-state index is 9.89. The molecule has 100 valence electrons. The summed E-state index contributed by atoms with van der Waals surface area (Å²) < 4.78 is 0. The van der Waals surface area contributed by atoms with Gasteiger partial charge in [0.05, 0.1) is 0 Å². The zero-order chi connectivity index (χ0) is 13.3. The quantitative estimate of drug-likeness (QED) is 0.863. The van der Waals surface area contributed by atoms with Crippen molar-refractivity contribution in [2.45, 2.75) is 40.7 Å². The molecule has 0 radical (unpaired) electrons. The van der Waals surface area contributed by atoms with Crippen molar-refractivity contribution in [3.05, 3.63) is 29.3 Å². The summed E-state index contributed by atoms with van der Waals surface area (Å²) in [5.74, 6) is 1.20. The molecule has 1 saturated heterocycles. The van der Waals surface area contributed by atoms with Crippen LogP contribution in [0.15, 0.2) is 18.2 Å². The molecule has 2 nitrogen and oxygen atoms in total. The lowest BCUT2D eigenvalue weighted by molar-refractivity contribution is 0.225. The molecule has 0 aliphatic carbocycles. The molecule has 0 saturated carbocycles. The Balaban J connectivity index is 2.01. The fraction of sp³-hybridized carbons (Fsp3) is 0.625. The molecule has 1 fully saturated rings. The van der Waals surface area contributed by atoms with Gasteiger partial charge in [-0.15, -0.1) is 0 Å². The second-order valence-electron chi connectivity index (χ2n) is 6.72. The molecule has 1 aromatic carbocycles. The van der Waals surface area contributed by atoms with Gasteiger partial charge in [0.2, 0.25) is 0 Å². The fourth-order valence-electron chi connectivity index (χ4n) is 2.76. The predicted molar refractivity (Wildman–Crippen MR) is 75.7 cm³/mol. The molecule has 2 heteroatoms. The first-order chi connectivity index (χ1) is 8.36. The summed E-state index contributed by atoms with van der Waals surface area (Å²) in [4.78, 5) is 2.46. The van der Waals surface area contributed by atoms with Crippen LogP contribution < -0.4 is 0 Å². The number of rotatable bonds is 2. The number of phenols is 1. The number of phenolic OH excluding ortho intramolecular Hbond substituents is 1. The normalized spacial score (nSPS) is 21.4. The molecule has 0 spiro atoms. The van der Waals surface area contributed by atoms with E-state index in [1.54, 1.807) is 0 Å². The Morgan fingerprint density at radius 3 is 2.67 bits per heavy atom. The summed E-state index contributed by atoms with van der Waals surface area (Å²) in [5.41, 5.74) is 2.67. The lowest BCUT2D eigenvalue weighted by atomic mass is 9.80. The molecule has 0 aromatic heterocycles. The molecule has 1 aromatic rings. The van der Waals surface area contributed by atoms with E-state index < -0.39 is 0 Å². The molecule has 1 heterocycles. The Morgan fingerprint density at radius 2 is 2.06 bits per heavy atom. The number of hydrogen-bond acceptors (Lipinski definition) is 2. The average molecular weight is 247 g/mol. The van der Waals surface area contributed by atoms with E-state index in [9.17, 15) is 5.11 Å². The Morgan fingerprint density at radius 1 is 1.33 bits per heavy atom. The van der Waals surface area contributed by atoms with Crippen LogP contribution in [0.2, 0.25) is 0 Å². The molecule has 18 heavy (non-hydrogen) atoms. The molecular weight excluding hydrogens is 222 g/mol. The number of aryl methyl sites for hydroxylation is 1. The summed E-state index contributed by atoms with van der Waals surface area (Å²) in [6.07, 6.45) is 1.27. The van der Waals surface area contributed by atoms with Gasteiger partial charge < -0.3 is 5.11 Å². The minimum atomic E-state index is 0.392. The SMILES string of the molecule is Cc1ccc(O)c(CN2CCC(C(C)(C)C)C2)c1. The molecule has 1 unspecified atom stereocenters. The highest BCUT2D eigenvalue weighted by Gasteiger charge is 2.31. The Bertz CT molecular complexity index is 420. The minimum absolute atomic E-state index is 0.392. The maximum Gasteiger partial charge on any atom is 0.120 e. The van der Waals surface area contributed by atoms with Gasteiger partial charge >= 0.3 is 0 Å². The highest BCUT2D eigenvalue weighted by Crippen LogP contribution is 2.34. The predicted octanol–water partition coefficient (Wildman–Crippen LogP) is 3.57. The first-order valence-electron chi connectivity index (χ1n) is 6.87. The smallest absolute Gasteiger partial charge is 0.120 e. The third-order valence-corrected chi connectivity index (χ3v) is 4.13. The maximum atomic E-state index is 9.89. The van der Waals surface area contributed by atoms with E-state index in [1.165, 1.54) is 12.0 Å². The third kappa shape index (κ3) is 3.05. The van der Waals surface area contributed by atoms with Gasteiger partial charge in [-0.25, -0.2) is 0 Å². The lowest BCUT2D eigenvalue weighted by Crippen LogP contribution is -2.25. The van der Waals surface area contributed by atoms with E-state index in [4.69, 9.17) is 0 Å². The van der Waals surface area contributed by atoms with Gasteiger partial charge in [-0.3, -0.25) is 4.90 Å². The molecule has 2 rings (SSSR count). The second kappa shape index (κ2) is 4.93. The molecule has 1 aliphatic heterocycles. The van der Waals surface area contributed by atoms with E-state index >= 15 is 0 Å². The van der Waals surface area contributed by atoms with Crippen LogP contribution >= 0.6 is 0 Å². The number of likely N-dealkylation sites (tertiary alicyclic amines) is 1. The molecule has 1 atom stereocenters. The van der Waals surface area contributed by atoms with E-state index in [0.717, 1.165) is 31.1 Å². The monoisotopic (exact) mass is 247 g/mol. The van der Waals surface area contributed by atoms with Gasteiger partial charge in [0, 0.05) is 18.7 Å². The van der Waals surface area contributed by atoms with E-state index in [-0.39, 0.29) is 0 Å². The molecule has 1 N–H and O–H groups in total. The van der Waals surface area contributed by atoms with Crippen LogP contribution in [0.5, 0.6) is 5.75 Å². The van der Waals surface area contributed by atoms with Gasteiger partial charge in [-0.05, 0) is 37.3 Å². The summed E-state index contributed by atoms with van der Waals surface area (Å²) in [6.45, 7) is 12.2. The van der Waals surface area contributed by atoms with Crippen molar-refractivity contribution in [3.63, 3.8) is 0 Å². The van der Waals surface area contributed by atoms with Crippen LogP contribution in [0.3, 0.4) is 0 Å². The van der Waals surface area contributed by atoms with Crippen molar-refractivity contribution < 1.29 is 5.11 Å². The van der Waals surface area contributed by atoms with E-state index in [0.29, 0.717) is 11.2 Å². The zero-order valence-corrected chi connectivity index (χ0v) is 12.0. The van der Waals surface area contributed by atoms with Crippen LogP contribution in [0.1, 0.15) is 38.3 Å². The summed E-state index contributed by atoms with van der Waals surface area (Å²) in [5, 5.41) is 9.89. The van der Waals surface area contributed by atoms with Crippen LogP contribution in [-0.4, -0.2) is 23.1 Å². The Hall–Kier alpha value is -1.02. The lowest BCUT2D eigenvalue weighted by Gasteiger charge is -2.27. The van der Waals surface area contributed by atoms with Crippen molar-refractivity contribution in [2.75, 3.05) is 13.1 Å². The van der Waals surface area contributed by atoms with Crippen molar-refractivity contribution in [2.24, 2.45) is 11.3 Å². The molecule has 0 amide bonds. The van der Waals surface area contributed by atoms with Crippen molar-refractivity contribution in [3.8, 4) is 5.75 Å². The molecule has 1 aliphatic rings. The van der Waals surface area contributed by atoms with Crippen LogP contribution in [0.4, 0.5) is 0 Å². The van der Waals surface area contributed by atoms with Crippen molar-refractivity contribution in [1.29, 1.82) is 0 Å². The first kappa shape index (κ1) is 13.4. The van der Waals surface area contributed by atoms with E-state index in [1.807, 2.05) is 12.1 Å². The molecular formula is C16H25NO. The fourth-order valence-corrected chi connectivity index (χ4v) is 2.76. The van der Waals surface area contributed by atoms with Gasteiger partial charge in [-0.1, -0.05) is 38.5 Å². The van der Waals surface area contributed by atoms with Gasteiger partial charge in [0.25, 0.3) is 0 Å². The summed E-state index contributed by atoms with van der Waals surface area (Å²) in [7, 11) is 0. The summed E-state index contributed by atoms with van der Waals surface area (Å²) >= 11 is 0. The number of hydrogen-bond donors (Lipinski definition) is 1. The summed E-state index contributed by atoms with van der Waals surface area (Å²) in [6, 6.07) is 5.86. The Labute approximate surface area is 111 Å². The molecule has 0 bridgehead atoms. The standard InChI is InChI=1S/C16H25NO/c1-12-5-6-15(18)13(9-12)10-17-8-7-14(11-17)16(2,3)4/h5-6,9,14,18H,7-8,10-11H2,1-4H3. The second-order valence-corrected chi connectivity index (χ2v) is 6.72. The topological polar surface area (TPSA) is 23.5 Å². The van der Waals surface area contributed by atoms with Gasteiger partial charge in [0.1, 0.15) is 5.75 Å². The zero-order valence-electron chi connectivity index (χ0n) is 12.0. The Kier molecular flexibility index (Phi) is 3.67. The third-order valence-electron chi connectivity index (χ3n) is 4.13. The van der Waals surface area contributed by atoms with Crippen LogP contribution in [-0.2, 0) is 6.54 Å². The van der Waals surface area contributed by atoms with Crippen molar-refractivity contribution >= 4 is 0 Å². The van der Waals surface area contributed by atoms with E-state index in [2.05, 4.69) is 38.7 Å². The number of nitrogens with zero attached hydrogens (tertiary/aromatic N) is 1. The number of aromatic hydroxyl groups is 1. The minimum Gasteiger partial charge on any atom is -0.508 e. The highest BCUT2D eigenvalue weighted by molar-refractivity contribution is 5.35. The highest BCUT2D eigenvalue weighted by atomic mass is 16.3. The van der Waals surface area contributed by atoms with Crippen LogP contribution in [0.25, 0.3) is 0 Å².